The first-order valence-electron chi connectivity index (χ1n) is 9.68. The molecule has 1 amide bonds. The number of hydrogen-bond acceptors (Lipinski definition) is 5. The zero-order valence-electron chi connectivity index (χ0n) is 17.5. The second-order valence-corrected chi connectivity index (χ2v) is 8.15. The SMILES string of the molecule is C=CCn1c(S[C@@H](C)C(=O)N(C)Cc2ccccc2)nnc1-c1ccccc1OC. The van der Waals surface area contributed by atoms with Crippen molar-refractivity contribution >= 4 is 17.7 Å². The molecule has 0 saturated heterocycles. The van der Waals surface area contributed by atoms with Crippen LogP contribution >= 0.6 is 11.8 Å². The van der Waals surface area contributed by atoms with Crippen LogP contribution in [-0.2, 0) is 17.9 Å². The smallest absolute Gasteiger partial charge is 0.235 e. The molecule has 0 aliphatic heterocycles. The van der Waals surface area contributed by atoms with Crippen LogP contribution in [0.1, 0.15) is 12.5 Å². The van der Waals surface area contributed by atoms with Gasteiger partial charge < -0.3 is 9.64 Å². The lowest BCUT2D eigenvalue weighted by Crippen LogP contribution is -2.33. The second kappa shape index (κ2) is 10.1. The Balaban J connectivity index is 1.79. The highest BCUT2D eigenvalue weighted by molar-refractivity contribution is 8.00. The summed E-state index contributed by atoms with van der Waals surface area (Å²) in [7, 11) is 3.45. The lowest BCUT2D eigenvalue weighted by Gasteiger charge is -2.21. The zero-order valence-corrected chi connectivity index (χ0v) is 18.3. The topological polar surface area (TPSA) is 60.2 Å². The summed E-state index contributed by atoms with van der Waals surface area (Å²) >= 11 is 1.40. The summed E-state index contributed by atoms with van der Waals surface area (Å²) in [5.41, 5.74) is 1.94. The molecule has 1 aromatic heterocycles. The Bertz CT molecular complexity index is 1000. The van der Waals surface area contributed by atoms with Gasteiger partial charge in [-0.2, -0.15) is 0 Å². The third-order valence-corrected chi connectivity index (χ3v) is 5.71. The first-order chi connectivity index (χ1) is 14.5. The molecule has 0 saturated carbocycles. The van der Waals surface area contributed by atoms with E-state index in [1.807, 2.05) is 73.1 Å². The molecule has 1 heterocycles. The Morgan fingerprint density at radius 2 is 1.90 bits per heavy atom. The lowest BCUT2D eigenvalue weighted by atomic mass is 10.2. The van der Waals surface area contributed by atoms with Crippen molar-refractivity contribution in [2.24, 2.45) is 0 Å². The van der Waals surface area contributed by atoms with E-state index in [0.29, 0.717) is 24.1 Å². The summed E-state index contributed by atoms with van der Waals surface area (Å²) in [6.45, 7) is 6.84. The summed E-state index contributed by atoms with van der Waals surface area (Å²) in [5.74, 6) is 1.45. The molecule has 0 N–H and O–H groups in total. The fourth-order valence-corrected chi connectivity index (χ4v) is 4.13. The average Bonchev–Trinajstić information content (AvgIpc) is 3.16. The van der Waals surface area contributed by atoms with Gasteiger partial charge in [-0.05, 0) is 24.6 Å². The van der Waals surface area contributed by atoms with Crippen molar-refractivity contribution in [2.75, 3.05) is 14.2 Å². The Morgan fingerprint density at radius 3 is 2.60 bits per heavy atom. The third-order valence-electron chi connectivity index (χ3n) is 4.65. The summed E-state index contributed by atoms with van der Waals surface area (Å²) in [4.78, 5) is 14.6. The fourth-order valence-electron chi connectivity index (χ4n) is 3.15. The van der Waals surface area contributed by atoms with E-state index < -0.39 is 0 Å². The van der Waals surface area contributed by atoms with Gasteiger partial charge in [0.15, 0.2) is 11.0 Å². The molecule has 6 nitrogen and oxygen atoms in total. The molecule has 0 aliphatic rings. The highest BCUT2D eigenvalue weighted by Crippen LogP contribution is 2.32. The van der Waals surface area contributed by atoms with E-state index in [9.17, 15) is 4.79 Å². The van der Waals surface area contributed by atoms with E-state index in [0.717, 1.165) is 16.9 Å². The maximum absolute atomic E-state index is 12.9. The van der Waals surface area contributed by atoms with Gasteiger partial charge in [-0.1, -0.05) is 60.3 Å². The number of allylic oxidation sites excluding steroid dienone is 1. The van der Waals surface area contributed by atoms with Crippen LogP contribution in [0, 0.1) is 0 Å². The summed E-state index contributed by atoms with van der Waals surface area (Å²) < 4.78 is 7.43. The molecule has 0 spiro atoms. The van der Waals surface area contributed by atoms with Gasteiger partial charge in [-0.3, -0.25) is 9.36 Å². The van der Waals surface area contributed by atoms with E-state index in [4.69, 9.17) is 4.74 Å². The van der Waals surface area contributed by atoms with Crippen LogP contribution in [-0.4, -0.2) is 45.0 Å². The molecule has 156 valence electrons. The number of para-hydroxylation sites is 1. The van der Waals surface area contributed by atoms with Gasteiger partial charge in [0.2, 0.25) is 5.91 Å². The van der Waals surface area contributed by atoms with Crippen molar-refractivity contribution in [3.8, 4) is 17.1 Å². The molecule has 2 aromatic carbocycles. The van der Waals surface area contributed by atoms with Gasteiger partial charge in [0, 0.05) is 20.1 Å². The number of carbonyl (C=O) groups excluding carboxylic acids is 1. The zero-order chi connectivity index (χ0) is 21.5. The molecule has 0 unspecified atom stereocenters. The third kappa shape index (κ3) is 4.91. The molecule has 0 bridgehead atoms. The molecule has 0 fully saturated rings. The monoisotopic (exact) mass is 422 g/mol. The summed E-state index contributed by atoms with van der Waals surface area (Å²) in [6.07, 6.45) is 1.79. The van der Waals surface area contributed by atoms with Crippen LogP contribution in [0.2, 0.25) is 0 Å². The van der Waals surface area contributed by atoms with Crippen molar-refractivity contribution in [3.63, 3.8) is 0 Å². The van der Waals surface area contributed by atoms with Gasteiger partial charge >= 0.3 is 0 Å². The van der Waals surface area contributed by atoms with Gasteiger partial charge in [-0.15, -0.1) is 16.8 Å². The highest BCUT2D eigenvalue weighted by atomic mass is 32.2. The van der Waals surface area contributed by atoms with Crippen molar-refractivity contribution in [2.45, 2.75) is 30.4 Å². The van der Waals surface area contributed by atoms with Crippen molar-refractivity contribution in [1.82, 2.24) is 19.7 Å². The molecule has 3 rings (SSSR count). The molecule has 1 atom stereocenters. The Kier molecular flexibility index (Phi) is 7.30. The van der Waals surface area contributed by atoms with Gasteiger partial charge in [0.1, 0.15) is 5.75 Å². The van der Waals surface area contributed by atoms with Crippen molar-refractivity contribution in [1.29, 1.82) is 0 Å². The largest absolute Gasteiger partial charge is 0.496 e. The number of thioether (sulfide) groups is 1. The predicted octanol–water partition coefficient (Wildman–Crippen LogP) is 4.28. The molecular formula is C23H26N4O2S. The number of rotatable bonds is 9. The Labute approximate surface area is 181 Å². The Hall–Kier alpha value is -3.06. The van der Waals surface area contributed by atoms with Gasteiger partial charge in [-0.25, -0.2) is 0 Å². The standard InChI is InChI=1S/C23H26N4O2S/c1-5-15-27-21(19-13-9-10-14-20(19)29-4)24-25-23(27)30-17(2)22(28)26(3)16-18-11-7-6-8-12-18/h5-14,17H,1,15-16H2,2-4H3/t17-/m0/s1. The average molecular weight is 423 g/mol. The van der Waals surface area contributed by atoms with E-state index in [1.165, 1.54) is 11.8 Å². The molecule has 0 radical (unpaired) electrons. The number of aromatic nitrogens is 3. The number of hydrogen-bond donors (Lipinski definition) is 0. The highest BCUT2D eigenvalue weighted by Gasteiger charge is 2.23. The molecular weight excluding hydrogens is 396 g/mol. The van der Waals surface area contributed by atoms with Crippen LogP contribution < -0.4 is 4.74 Å². The van der Waals surface area contributed by atoms with Crippen LogP contribution in [0.4, 0.5) is 0 Å². The molecule has 0 aliphatic carbocycles. The van der Waals surface area contributed by atoms with E-state index in [2.05, 4.69) is 16.8 Å². The number of amides is 1. The summed E-state index contributed by atoms with van der Waals surface area (Å²) in [6, 6.07) is 17.6. The van der Waals surface area contributed by atoms with Gasteiger partial charge in [0.05, 0.1) is 17.9 Å². The Morgan fingerprint density at radius 1 is 1.20 bits per heavy atom. The first-order valence-corrected chi connectivity index (χ1v) is 10.6. The molecule has 7 heteroatoms. The number of benzene rings is 2. The number of ether oxygens (including phenoxy) is 1. The fraction of sp³-hybridized carbons (Fsp3) is 0.261. The van der Waals surface area contributed by atoms with Crippen LogP contribution in [0.25, 0.3) is 11.4 Å². The van der Waals surface area contributed by atoms with Crippen molar-refractivity contribution < 1.29 is 9.53 Å². The van der Waals surface area contributed by atoms with Crippen molar-refractivity contribution in [3.05, 3.63) is 72.8 Å². The van der Waals surface area contributed by atoms with Crippen LogP contribution in [0.15, 0.2) is 72.4 Å². The van der Waals surface area contributed by atoms with Gasteiger partial charge in [0.25, 0.3) is 0 Å². The number of methoxy groups -OCH3 is 1. The second-order valence-electron chi connectivity index (χ2n) is 6.85. The van der Waals surface area contributed by atoms with E-state index >= 15 is 0 Å². The maximum Gasteiger partial charge on any atom is 0.235 e. The minimum Gasteiger partial charge on any atom is -0.496 e. The molecule has 30 heavy (non-hydrogen) atoms. The van der Waals surface area contributed by atoms with Crippen LogP contribution in [0.5, 0.6) is 5.75 Å². The predicted molar refractivity (Wildman–Crippen MR) is 120 cm³/mol. The minimum absolute atomic E-state index is 0.0378. The normalized spacial score (nSPS) is 11.7. The summed E-state index contributed by atoms with van der Waals surface area (Å²) in [5, 5.41) is 9.09. The minimum atomic E-state index is -0.308. The quantitative estimate of drug-likeness (QED) is 0.381. The maximum atomic E-state index is 12.9. The number of nitrogens with zero attached hydrogens (tertiary/aromatic N) is 4. The first kappa shape index (κ1) is 21.6. The van der Waals surface area contributed by atoms with Crippen LogP contribution in [0.3, 0.4) is 0 Å². The van der Waals surface area contributed by atoms with E-state index in [1.54, 1.807) is 18.1 Å². The van der Waals surface area contributed by atoms with E-state index in [-0.39, 0.29) is 11.2 Å². The number of carbonyl (C=O) groups is 1. The lowest BCUT2D eigenvalue weighted by molar-refractivity contribution is -0.129. The molecule has 3 aromatic rings.